The van der Waals surface area contributed by atoms with Gasteiger partial charge in [-0.25, -0.2) is 13.6 Å². The molecule has 1 heterocycles. The molecule has 2 rings (SSSR count). The van der Waals surface area contributed by atoms with Gasteiger partial charge in [0.25, 0.3) is 0 Å². The number of hydrogen-bond donors (Lipinski definition) is 2. The Balaban J connectivity index is 2.18. The van der Waals surface area contributed by atoms with Crippen LogP contribution < -0.4 is 10.5 Å². The molecular formula is C12H17N3O3S. The zero-order valence-corrected chi connectivity index (χ0v) is 11.5. The van der Waals surface area contributed by atoms with Crippen LogP contribution in [0, 0.1) is 0 Å². The van der Waals surface area contributed by atoms with Crippen LogP contribution in [0.3, 0.4) is 0 Å². The molecule has 1 amide bonds. The average molecular weight is 283 g/mol. The van der Waals surface area contributed by atoms with Crippen LogP contribution >= 0.6 is 0 Å². The minimum Gasteiger partial charge on any atom is -0.379 e. The molecule has 1 fully saturated rings. The lowest BCUT2D eigenvalue weighted by Gasteiger charge is -2.31. The molecule has 7 heteroatoms. The Labute approximate surface area is 112 Å². The highest BCUT2D eigenvalue weighted by Crippen LogP contribution is 2.22. The second-order valence-corrected chi connectivity index (χ2v) is 6.23. The zero-order chi connectivity index (χ0) is 14.0. The van der Waals surface area contributed by atoms with Crippen molar-refractivity contribution in [1.29, 1.82) is 0 Å². The van der Waals surface area contributed by atoms with Crippen molar-refractivity contribution in [3.05, 3.63) is 24.3 Å². The highest BCUT2D eigenvalue weighted by atomic mass is 32.2. The number of rotatable bonds is 3. The summed E-state index contributed by atoms with van der Waals surface area (Å²) >= 11 is 0. The van der Waals surface area contributed by atoms with Gasteiger partial charge in [0.05, 0.1) is 5.69 Å². The summed E-state index contributed by atoms with van der Waals surface area (Å²) < 4.78 is 23.0. The first-order valence-corrected chi connectivity index (χ1v) is 7.55. The van der Waals surface area contributed by atoms with Crippen LogP contribution in [0.1, 0.15) is 12.8 Å². The molecule has 1 aliphatic heterocycles. The maximum Gasteiger partial charge on any atom is 0.240 e. The highest BCUT2D eigenvalue weighted by molar-refractivity contribution is 7.89. The summed E-state index contributed by atoms with van der Waals surface area (Å²) in [5.41, 5.74) is 0.484. The molecule has 3 N–H and O–H groups in total. The van der Waals surface area contributed by atoms with Gasteiger partial charge in [-0.1, -0.05) is 12.1 Å². The molecule has 1 saturated heterocycles. The number of nitrogens with zero attached hydrogens (tertiary/aromatic N) is 1. The van der Waals surface area contributed by atoms with Crippen LogP contribution in [0.2, 0.25) is 0 Å². The number of benzene rings is 1. The molecule has 6 nitrogen and oxygen atoms in total. The van der Waals surface area contributed by atoms with E-state index in [-0.39, 0.29) is 16.8 Å². The number of nitrogens with two attached hydrogens (primary N) is 1. The van der Waals surface area contributed by atoms with Gasteiger partial charge < -0.3 is 10.2 Å². The van der Waals surface area contributed by atoms with Crippen LogP contribution in [0.25, 0.3) is 0 Å². The summed E-state index contributed by atoms with van der Waals surface area (Å²) in [6.45, 7) is 0.553. The van der Waals surface area contributed by atoms with Crippen molar-refractivity contribution >= 4 is 21.6 Å². The summed E-state index contributed by atoms with van der Waals surface area (Å²) in [5, 5.41) is 8.33. The molecule has 0 aliphatic carbocycles. The molecule has 1 aliphatic rings. The van der Waals surface area contributed by atoms with Crippen molar-refractivity contribution in [2.75, 3.05) is 18.9 Å². The smallest absolute Gasteiger partial charge is 0.240 e. The Kier molecular flexibility index (Phi) is 3.77. The third-order valence-electron chi connectivity index (χ3n) is 3.18. The fraction of sp³-hybridized carbons (Fsp3) is 0.417. The van der Waals surface area contributed by atoms with E-state index in [1.165, 1.54) is 6.07 Å². The Bertz CT molecular complexity index is 586. The zero-order valence-electron chi connectivity index (χ0n) is 10.7. The second-order valence-electron chi connectivity index (χ2n) is 4.70. The number of para-hydroxylation sites is 1. The van der Waals surface area contributed by atoms with Crippen molar-refractivity contribution in [2.45, 2.75) is 23.8 Å². The van der Waals surface area contributed by atoms with Gasteiger partial charge in [-0.2, -0.15) is 0 Å². The molecule has 0 radical (unpaired) electrons. The summed E-state index contributed by atoms with van der Waals surface area (Å²) in [5.74, 6) is 0.109. The minimum absolute atomic E-state index is 0.0330. The fourth-order valence-corrected chi connectivity index (χ4v) is 2.89. The molecule has 19 heavy (non-hydrogen) atoms. The van der Waals surface area contributed by atoms with Gasteiger partial charge in [0.15, 0.2) is 0 Å². The number of carbonyl (C=O) groups is 1. The summed E-state index contributed by atoms with van der Waals surface area (Å²) in [6.07, 6.45) is 1.15. The second kappa shape index (κ2) is 5.18. The van der Waals surface area contributed by atoms with Crippen LogP contribution in [-0.2, 0) is 14.8 Å². The van der Waals surface area contributed by atoms with Gasteiger partial charge >= 0.3 is 0 Å². The van der Waals surface area contributed by atoms with E-state index in [0.717, 1.165) is 0 Å². The molecule has 1 atom stereocenters. The van der Waals surface area contributed by atoms with E-state index in [0.29, 0.717) is 25.1 Å². The van der Waals surface area contributed by atoms with Crippen molar-refractivity contribution in [3.8, 4) is 0 Å². The molecular weight excluding hydrogens is 266 g/mol. The monoisotopic (exact) mass is 283 g/mol. The average Bonchev–Trinajstić information content (AvgIpc) is 2.33. The van der Waals surface area contributed by atoms with Gasteiger partial charge in [-0.05, 0) is 18.6 Å². The van der Waals surface area contributed by atoms with Crippen LogP contribution in [-0.4, -0.2) is 38.9 Å². The van der Waals surface area contributed by atoms with Crippen molar-refractivity contribution in [1.82, 2.24) is 4.90 Å². The Hall–Kier alpha value is -1.60. The Morgan fingerprint density at radius 2 is 2.05 bits per heavy atom. The van der Waals surface area contributed by atoms with Crippen molar-refractivity contribution in [3.63, 3.8) is 0 Å². The van der Waals surface area contributed by atoms with E-state index in [1.54, 1.807) is 30.1 Å². The van der Waals surface area contributed by atoms with E-state index in [4.69, 9.17) is 5.14 Å². The first kappa shape index (κ1) is 13.8. The van der Waals surface area contributed by atoms with Gasteiger partial charge in [-0.15, -0.1) is 0 Å². The number of primary sulfonamides is 1. The number of anilines is 1. The topological polar surface area (TPSA) is 92.5 Å². The number of sulfonamides is 1. The van der Waals surface area contributed by atoms with Gasteiger partial charge in [0, 0.05) is 26.1 Å². The number of nitrogens with one attached hydrogen (secondary N) is 1. The van der Waals surface area contributed by atoms with Crippen LogP contribution in [0.5, 0.6) is 0 Å². The van der Waals surface area contributed by atoms with Gasteiger partial charge in [0.1, 0.15) is 4.90 Å². The number of likely N-dealkylation sites (N-methyl/N-ethyl adjacent to an activating group) is 1. The molecule has 0 aromatic heterocycles. The van der Waals surface area contributed by atoms with Crippen LogP contribution in [0.15, 0.2) is 29.2 Å². The first-order chi connectivity index (χ1) is 8.88. The maximum atomic E-state index is 11.5. The van der Waals surface area contributed by atoms with E-state index >= 15 is 0 Å². The summed E-state index contributed by atoms with van der Waals surface area (Å²) in [4.78, 5) is 13.1. The molecule has 1 aromatic carbocycles. The SMILES string of the molecule is CN1CC(Nc2ccccc2S(N)(=O)=O)CCC1=O. The molecule has 0 saturated carbocycles. The third-order valence-corrected chi connectivity index (χ3v) is 4.15. The lowest BCUT2D eigenvalue weighted by molar-refractivity contribution is -0.132. The molecule has 104 valence electrons. The quantitative estimate of drug-likeness (QED) is 0.838. The predicted molar refractivity (Wildman–Crippen MR) is 72.1 cm³/mol. The lowest BCUT2D eigenvalue weighted by Crippen LogP contribution is -2.43. The number of hydrogen-bond acceptors (Lipinski definition) is 4. The summed E-state index contributed by atoms with van der Waals surface area (Å²) in [7, 11) is -2.01. The van der Waals surface area contributed by atoms with E-state index in [2.05, 4.69) is 5.32 Å². The van der Waals surface area contributed by atoms with Gasteiger partial charge in [0.2, 0.25) is 15.9 Å². The summed E-state index contributed by atoms with van der Waals surface area (Å²) in [6, 6.07) is 6.55. The maximum absolute atomic E-state index is 11.5. The minimum atomic E-state index is -3.75. The van der Waals surface area contributed by atoms with E-state index in [1.807, 2.05) is 0 Å². The number of piperidine rings is 1. The van der Waals surface area contributed by atoms with Gasteiger partial charge in [-0.3, -0.25) is 4.79 Å². The van der Waals surface area contributed by atoms with E-state index in [9.17, 15) is 13.2 Å². The van der Waals surface area contributed by atoms with Crippen LogP contribution in [0.4, 0.5) is 5.69 Å². The molecule has 1 aromatic rings. The standard InChI is InChI=1S/C12H17N3O3S/c1-15-8-9(6-7-12(15)16)14-10-4-2-3-5-11(10)19(13,17)18/h2-5,9,14H,6-8H2,1H3,(H2,13,17,18). The first-order valence-electron chi connectivity index (χ1n) is 6.00. The Morgan fingerprint density at radius 3 is 2.68 bits per heavy atom. The predicted octanol–water partition coefficient (Wildman–Crippen LogP) is 0.367. The van der Waals surface area contributed by atoms with E-state index < -0.39 is 10.0 Å². The lowest BCUT2D eigenvalue weighted by atomic mass is 10.1. The highest BCUT2D eigenvalue weighted by Gasteiger charge is 2.24. The number of carbonyl (C=O) groups excluding carboxylic acids is 1. The molecule has 0 spiro atoms. The molecule has 1 unspecified atom stereocenters. The number of likely N-dealkylation sites (tertiary alicyclic amines) is 1. The fourth-order valence-electron chi connectivity index (χ4n) is 2.18. The number of amides is 1. The third kappa shape index (κ3) is 3.24. The van der Waals surface area contributed by atoms with Crippen molar-refractivity contribution in [2.24, 2.45) is 5.14 Å². The molecule has 0 bridgehead atoms. The Morgan fingerprint density at radius 1 is 1.37 bits per heavy atom. The van der Waals surface area contributed by atoms with Crippen molar-refractivity contribution < 1.29 is 13.2 Å². The normalized spacial score (nSPS) is 20.4. The largest absolute Gasteiger partial charge is 0.379 e.